The Morgan fingerprint density at radius 2 is 1.84 bits per heavy atom. The van der Waals surface area contributed by atoms with E-state index in [-0.39, 0.29) is 11.5 Å². The zero-order valence-corrected chi connectivity index (χ0v) is 22.7. The molecule has 0 spiro atoms. The van der Waals surface area contributed by atoms with E-state index in [0.717, 1.165) is 78.4 Å². The molecule has 4 aromatic rings. The van der Waals surface area contributed by atoms with Gasteiger partial charge in [0.15, 0.2) is 5.43 Å². The SMILES string of the molecule is CC.CCc1cc2c(=O)c3c4ccc(C#N)cc4[nH]c3n(C(C)C)c2cc1C1CCN(C2COC2)CC1. The molecule has 0 saturated carbocycles. The number of benzene rings is 2. The summed E-state index contributed by atoms with van der Waals surface area (Å²) in [6, 6.07) is 13.0. The highest BCUT2D eigenvalue weighted by Crippen LogP contribution is 2.36. The van der Waals surface area contributed by atoms with E-state index in [9.17, 15) is 10.1 Å². The lowest BCUT2D eigenvalue weighted by Crippen LogP contribution is -2.51. The number of piperidine rings is 1. The predicted molar refractivity (Wildman–Crippen MR) is 152 cm³/mol. The molecule has 0 amide bonds. The average Bonchev–Trinajstić information content (AvgIpc) is 3.27. The molecule has 6 nitrogen and oxygen atoms in total. The van der Waals surface area contributed by atoms with Crippen LogP contribution in [-0.2, 0) is 11.2 Å². The molecule has 0 unspecified atom stereocenters. The van der Waals surface area contributed by atoms with Crippen LogP contribution >= 0.6 is 0 Å². The molecule has 6 rings (SSSR count). The number of nitrogens with one attached hydrogen (secondary N) is 1. The first-order valence-electron chi connectivity index (χ1n) is 13.9. The van der Waals surface area contributed by atoms with Crippen molar-refractivity contribution in [3.05, 3.63) is 57.2 Å². The van der Waals surface area contributed by atoms with Gasteiger partial charge in [0.25, 0.3) is 0 Å². The van der Waals surface area contributed by atoms with Crippen molar-refractivity contribution < 1.29 is 4.74 Å². The lowest BCUT2D eigenvalue weighted by atomic mass is 9.84. The zero-order valence-electron chi connectivity index (χ0n) is 22.7. The molecule has 2 fully saturated rings. The van der Waals surface area contributed by atoms with Crippen molar-refractivity contribution in [1.82, 2.24) is 14.5 Å². The van der Waals surface area contributed by atoms with Crippen LogP contribution in [0.5, 0.6) is 0 Å². The number of likely N-dealkylation sites (tertiary alicyclic amines) is 1. The Morgan fingerprint density at radius 1 is 1.11 bits per heavy atom. The van der Waals surface area contributed by atoms with Crippen LogP contribution in [0.3, 0.4) is 0 Å². The first kappa shape index (κ1) is 25.5. The Morgan fingerprint density at radius 3 is 2.43 bits per heavy atom. The molecule has 4 heterocycles. The van der Waals surface area contributed by atoms with Crippen LogP contribution in [0.25, 0.3) is 32.8 Å². The fourth-order valence-corrected chi connectivity index (χ4v) is 6.18. The molecule has 0 aliphatic carbocycles. The molecule has 2 aromatic carbocycles. The van der Waals surface area contributed by atoms with Gasteiger partial charge in [-0.2, -0.15) is 5.26 Å². The predicted octanol–water partition coefficient (Wildman–Crippen LogP) is 6.26. The monoisotopic (exact) mass is 498 g/mol. The van der Waals surface area contributed by atoms with Crippen molar-refractivity contribution in [3.8, 4) is 6.07 Å². The summed E-state index contributed by atoms with van der Waals surface area (Å²) in [5.74, 6) is 0.513. The van der Waals surface area contributed by atoms with Crippen molar-refractivity contribution >= 4 is 32.8 Å². The van der Waals surface area contributed by atoms with Gasteiger partial charge in [0.2, 0.25) is 0 Å². The van der Waals surface area contributed by atoms with Gasteiger partial charge in [-0.3, -0.25) is 9.69 Å². The van der Waals surface area contributed by atoms with Gasteiger partial charge >= 0.3 is 0 Å². The number of hydrogen-bond donors (Lipinski definition) is 1. The summed E-state index contributed by atoms with van der Waals surface area (Å²) in [5, 5.41) is 11.8. The van der Waals surface area contributed by atoms with E-state index in [1.54, 1.807) is 6.07 Å². The van der Waals surface area contributed by atoms with Crippen LogP contribution in [0.1, 0.15) is 76.1 Å². The number of aromatic nitrogens is 2. The first-order chi connectivity index (χ1) is 18.0. The van der Waals surface area contributed by atoms with Gasteiger partial charge < -0.3 is 14.3 Å². The number of fused-ring (bicyclic) bond motifs is 4. The van der Waals surface area contributed by atoms with E-state index in [1.165, 1.54) is 11.1 Å². The van der Waals surface area contributed by atoms with Gasteiger partial charge in [0, 0.05) is 22.3 Å². The van der Waals surface area contributed by atoms with Crippen LogP contribution in [0, 0.1) is 11.3 Å². The minimum atomic E-state index is 0.0731. The molecule has 2 aliphatic rings. The maximum absolute atomic E-state index is 13.9. The van der Waals surface area contributed by atoms with E-state index in [1.807, 2.05) is 26.0 Å². The molecule has 0 atom stereocenters. The zero-order chi connectivity index (χ0) is 26.3. The van der Waals surface area contributed by atoms with Crippen molar-refractivity contribution in [2.24, 2.45) is 0 Å². The third-order valence-electron chi connectivity index (χ3n) is 8.14. The molecular formula is C31H38N4O2. The van der Waals surface area contributed by atoms with Gasteiger partial charge in [0.1, 0.15) is 5.65 Å². The normalized spacial score (nSPS) is 17.2. The van der Waals surface area contributed by atoms with Crippen molar-refractivity contribution in [2.45, 2.75) is 71.9 Å². The van der Waals surface area contributed by atoms with E-state index >= 15 is 0 Å². The van der Waals surface area contributed by atoms with Gasteiger partial charge in [0.05, 0.1) is 41.8 Å². The summed E-state index contributed by atoms with van der Waals surface area (Å²) in [7, 11) is 0. The molecule has 2 saturated heterocycles. The van der Waals surface area contributed by atoms with Crippen LogP contribution in [-0.4, -0.2) is 46.8 Å². The maximum atomic E-state index is 13.9. The molecule has 1 N–H and O–H groups in total. The number of hydrogen-bond acceptors (Lipinski definition) is 4. The number of aryl methyl sites for hydroxylation is 1. The van der Waals surface area contributed by atoms with Crippen LogP contribution in [0.4, 0.5) is 0 Å². The van der Waals surface area contributed by atoms with Crippen molar-refractivity contribution in [3.63, 3.8) is 0 Å². The number of H-pyrrole nitrogens is 1. The van der Waals surface area contributed by atoms with E-state index in [2.05, 4.69) is 53.4 Å². The smallest absolute Gasteiger partial charge is 0.199 e. The third-order valence-corrected chi connectivity index (χ3v) is 8.14. The molecule has 6 heteroatoms. The molecule has 194 valence electrons. The quantitative estimate of drug-likeness (QED) is 0.361. The summed E-state index contributed by atoms with van der Waals surface area (Å²) < 4.78 is 7.69. The number of nitrogens with zero attached hydrogens (tertiary/aromatic N) is 3. The molecular weight excluding hydrogens is 460 g/mol. The lowest BCUT2D eigenvalue weighted by Gasteiger charge is -2.41. The summed E-state index contributed by atoms with van der Waals surface area (Å²) in [5.41, 5.74) is 6.05. The second-order valence-electron chi connectivity index (χ2n) is 10.4. The second kappa shape index (κ2) is 10.3. The summed E-state index contributed by atoms with van der Waals surface area (Å²) in [6.45, 7) is 14.5. The number of aromatic amines is 1. The number of pyridine rings is 1. The minimum absolute atomic E-state index is 0.0731. The Kier molecular flexibility index (Phi) is 7.11. The highest BCUT2D eigenvalue weighted by Gasteiger charge is 2.31. The molecule has 0 radical (unpaired) electrons. The second-order valence-corrected chi connectivity index (χ2v) is 10.4. The minimum Gasteiger partial charge on any atom is -0.378 e. The first-order valence-corrected chi connectivity index (χ1v) is 13.9. The highest BCUT2D eigenvalue weighted by molar-refractivity contribution is 6.10. The van der Waals surface area contributed by atoms with Crippen molar-refractivity contribution in [2.75, 3.05) is 26.3 Å². The molecule has 0 bridgehead atoms. The summed E-state index contributed by atoms with van der Waals surface area (Å²) in [4.78, 5) is 20.0. The van der Waals surface area contributed by atoms with Gasteiger partial charge in [-0.25, -0.2) is 0 Å². The van der Waals surface area contributed by atoms with Crippen molar-refractivity contribution in [1.29, 1.82) is 5.26 Å². The standard InChI is InChI=1S/C29H32N4O2.C2H6/c1-4-19-12-24-26(13-23(19)20-7-9-32(10-8-20)21-15-35-16-21)33(17(2)3)29-27(28(24)34)22-6-5-18(14-30)11-25(22)31-29;1-2/h5-6,11-13,17,20-21,31H,4,7-10,15-16H2,1-3H3;1-2H3. The van der Waals surface area contributed by atoms with E-state index < -0.39 is 0 Å². The number of ether oxygens (including phenoxy) is 1. The molecule has 2 aromatic heterocycles. The van der Waals surface area contributed by atoms with Gasteiger partial charge in [-0.1, -0.05) is 26.8 Å². The van der Waals surface area contributed by atoms with Gasteiger partial charge in [-0.15, -0.1) is 0 Å². The van der Waals surface area contributed by atoms with E-state index in [4.69, 9.17) is 4.74 Å². The summed E-state index contributed by atoms with van der Waals surface area (Å²) in [6.07, 6.45) is 3.21. The Bertz CT molecular complexity index is 1540. The Labute approximate surface area is 218 Å². The average molecular weight is 499 g/mol. The lowest BCUT2D eigenvalue weighted by molar-refractivity contribution is -0.0712. The number of rotatable bonds is 4. The third kappa shape index (κ3) is 4.24. The van der Waals surface area contributed by atoms with Gasteiger partial charge in [-0.05, 0) is 87.5 Å². The van der Waals surface area contributed by atoms with Crippen LogP contribution < -0.4 is 5.43 Å². The fraction of sp³-hybridized carbons (Fsp3) is 0.484. The molecule has 37 heavy (non-hydrogen) atoms. The van der Waals surface area contributed by atoms with E-state index in [0.29, 0.717) is 17.5 Å². The molecule has 2 aliphatic heterocycles. The maximum Gasteiger partial charge on any atom is 0.199 e. The van der Waals surface area contributed by atoms with Crippen LogP contribution in [0.2, 0.25) is 0 Å². The Hall–Kier alpha value is -3.14. The largest absolute Gasteiger partial charge is 0.378 e. The van der Waals surface area contributed by atoms with Crippen LogP contribution in [0.15, 0.2) is 35.1 Å². The Balaban J connectivity index is 0.00000137. The topological polar surface area (TPSA) is 74.0 Å². The number of nitriles is 1. The summed E-state index contributed by atoms with van der Waals surface area (Å²) >= 11 is 0. The fourth-order valence-electron chi connectivity index (χ4n) is 6.18. The highest BCUT2D eigenvalue weighted by atomic mass is 16.5.